The predicted octanol–water partition coefficient (Wildman–Crippen LogP) is 2.27. The second-order valence-electron chi connectivity index (χ2n) is 8.23. The van der Waals surface area contributed by atoms with E-state index in [-0.39, 0.29) is 24.2 Å². The maximum absolute atomic E-state index is 13.9. The summed E-state index contributed by atoms with van der Waals surface area (Å²) in [5.74, 6) is 1.03. The van der Waals surface area contributed by atoms with Crippen molar-refractivity contribution in [1.29, 1.82) is 0 Å². The lowest BCUT2D eigenvalue weighted by Crippen LogP contribution is -2.57. The Morgan fingerprint density at radius 2 is 2.07 bits per heavy atom. The monoisotopic (exact) mass is 397 g/mol. The molecule has 2 heterocycles. The van der Waals surface area contributed by atoms with E-state index in [9.17, 15) is 9.18 Å². The number of hydrogen-bond donors (Lipinski definition) is 1. The molecule has 0 spiro atoms. The predicted molar refractivity (Wildman–Crippen MR) is 110 cm³/mol. The van der Waals surface area contributed by atoms with Gasteiger partial charge in [0.05, 0.1) is 6.04 Å². The third kappa shape index (κ3) is 3.83. The molecule has 7 heteroatoms. The number of aryl methyl sites for hydroxylation is 1. The SMILES string of the molecule is CC1CCc2ncnc(N3CCN(C(=O)C(N)Cc4ccccc4F)CC3C)c21. The normalized spacial score (nSPS) is 22.5. The highest BCUT2D eigenvalue weighted by Gasteiger charge is 2.33. The van der Waals surface area contributed by atoms with Gasteiger partial charge in [0.1, 0.15) is 18.0 Å². The van der Waals surface area contributed by atoms with Crippen molar-refractivity contribution in [2.45, 2.75) is 51.1 Å². The molecule has 1 aliphatic heterocycles. The Kier molecular flexibility index (Phi) is 5.50. The third-order valence-electron chi connectivity index (χ3n) is 6.18. The molecular formula is C22H28FN5O. The van der Waals surface area contributed by atoms with E-state index in [0.29, 0.717) is 31.1 Å². The minimum Gasteiger partial charge on any atom is -0.350 e. The lowest BCUT2D eigenvalue weighted by atomic mass is 10.0. The van der Waals surface area contributed by atoms with E-state index in [4.69, 9.17) is 5.73 Å². The highest BCUT2D eigenvalue weighted by Crippen LogP contribution is 2.38. The van der Waals surface area contributed by atoms with Gasteiger partial charge in [0.25, 0.3) is 0 Å². The Morgan fingerprint density at radius 1 is 1.28 bits per heavy atom. The molecule has 1 aliphatic carbocycles. The van der Waals surface area contributed by atoms with E-state index in [1.807, 2.05) is 0 Å². The van der Waals surface area contributed by atoms with Gasteiger partial charge in [-0.3, -0.25) is 4.79 Å². The number of halogens is 1. The topological polar surface area (TPSA) is 75.4 Å². The molecule has 0 saturated carbocycles. The van der Waals surface area contributed by atoms with Crippen LogP contribution in [-0.4, -0.2) is 52.5 Å². The van der Waals surface area contributed by atoms with E-state index in [2.05, 4.69) is 28.7 Å². The Morgan fingerprint density at radius 3 is 2.83 bits per heavy atom. The molecule has 1 saturated heterocycles. The van der Waals surface area contributed by atoms with Crippen LogP contribution in [0.25, 0.3) is 0 Å². The van der Waals surface area contributed by atoms with Gasteiger partial charge in [-0.25, -0.2) is 14.4 Å². The van der Waals surface area contributed by atoms with Gasteiger partial charge in [-0.1, -0.05) is 25.1 Å². The van der Waals surface area contributed by atoms with E-state index in [1.165, 1.54) is 11.6 Å². The fourth-order valence-corrected chi connectivity index (χ4v) is 4.55. The number of rotatable bonds is 4. The molecule has 2 aliphatic rings. The standard InChI is InChI=1S/C22H28FN5O/c1-14-7-8-19-20(14)21(26-13-25-19)28-10-9-27(12-15(28)2)22(29)18(24)11-16-5-3-4-6-17(16)23/h3-6,13-15,18H,7-12,24H2,1-2H3. The highest BCUT2D eigenvalue weighted by molar-refractivity contribution is 5.82. The van der Waals surface area contributed by atoms with Crippen molar-refractivity contribution in [3.8, 4) is 0 Å². The van der Waals surface area contributed by atoms with Crippen LogP contribution in [0.15, 0.2) is 30.6 Å². The first-order valence-electron chi connectivity index (χ1n) is 10.3. The number of benzene rings is 1. The van der Waals surface area contributed by atoms with Crippen molar-refractivity contribution in [2.75, 3.05) is 24.5 Å². The molecule has 0 bridgehead atoms. The summed E-state index contributed by atoms with van der Waals surface area (Å²) in [6.45, 7) is 6.20. The van der Waals surface area contributed by atoms with Gasteiger partial charge < -0.3 is 15.5 Å². The summed E-state index contributed by atoms with van der Waals surface area (Å²) in [6.07, 6.45) is 3.97. The third-order valence-corrected chi connectivity index (χ3v) is 6.18. The number of hydrogen-bond acceptors (Lipinski definition) is 5. The number of fused-ring (bicyclic) bond motifs is 1. The number of nitrogens with zero attached hydrogens (tertiary/aromatic N) is 4. The fraction of sp³-hybridized carbons (Fsp3) is 0.500. The summed E-state index contributed by atoms with van der Waals surface area (Å²) >= 11 is 0. The molecular weight excluding hydrogens is 369 g/mol. The summed E-state index contributed by atoms with van der Waals surface area (Å²) < 4.78 is 13.9. The zero-order chi connectivity index (χ0) is 20.5. The second-order valence-corrected chi connectivity index (χ2v) is 8.23. The zero-order valence-electron chi connectivity index (χ0n) is 17.0. The van der Waals surface area contributed by atoms with E-state index < -0.39 is 6.04 Å². The van der Waals surface area contributed by atoms with Gasteiger partial charge in [0.2, 0.25) is 5.91 Å². The molecule has 2 N–H and O–H groups in total. The number of carbonyl (C=O) groups is 1. The Bertz CT molecular complexity index is 905. The van der Waals surface area contributed by atoms with Crippen LogP contribution in [0.3, 0.4) is 0 Å². The quantitative estimate of drug-likeness (QED) is 0.857. The summed E-state index contributed by atoms with van der Waals surface area (Å²) in [7, 11) is 0. The van der Waals surface area contributed by atoms with Gasteiger partial charge in [-0.2, -0.15) is 0 Å². The first-order valence-corrected chi connectivity index (χ1v) is 10.3. The van der Waals surface area contributed by atoms with Crippen molar-refractivity contribution in [3.05, 3.63) is 53.2 Å². The molecule has 1 aromatic carbocycles. The van der Waals surface area contributed by atoms with Crippen LogP contribution >= 0.6 is 0 Å². The van der Waals surface area contributed by atoms with Crippen molar-refractivity contribution >= 4 is 11.7 Å². The minimum absolute atomic E-state index is 0.124. The first-order chi connectivity index (χ1) is 14.0. The van der Waals surface area contributed by atoms with Crippen LogP contribution in [0.5, 0.6) is 0 Å². The lowest BCUT2D eigenvalue weighted by Gasteiger charge is -2.42. The van der Waals surface area contributed by atoms with Crippen LogP contribution in [0.2, 0.25) is 0 Å². The minimum atomic E-state index is -0.742. The molecule has 1 aromatic heterocycles. The second kappa shape index (κ2) is 8.06. The smallest absolute Gasteiger partial charge is 0.239 e. The molecule has 29 heavy (non-hydrogen) atoms. The van der Waals surface area contributed by atoms with Crippen LogP contribution < -0.4 is 10.6 Å². The van der Waals surface area contributed by atoms with Gasteiger partial charge in [-0.15, -0.1) is 0 Å². The number of aromatic nitrogens is 2. The first kappa shape index (κ1) is 19.8. The molecule has 4 rings (SSSR count). The number of piperazine rings is 1. The summed E-state index contributed by atoms with van der Waals surface area (Å²) in [5.41, 5.74) is 9.03. The highest BCUT2D eigenvalue weighted by atomic mass is 19.1. The van der Waals surface area contributed by atoms with Crippen LogP contribution in [0.4, 0.5) is 10.2 Å². The molecule has 0 radical (unpaired) electrons. The van der Waals surface area contributed by atoms with Gasteiger partial charge >= 0.3 is 0 Å². The van der Waals surface area contributed by atoms with Crippen molar-refractivity contribution in [2.24, 2.45) is 5.73 Å². The Labute approximate surface area is 170 Å². The summed E-state index contributed by atoms with van der Waals surface area (Å²) in [5, 5.41) is 0. The number of carbonyl (C=O) groups excluding carboxylic acids is 1. The maximum atomic E-state index is 13.9. The molecule has 1 fully saturated rings. The largest absolute Gasteiger partial charge is 0.350 e. The number of amides is 1. The van der Waals surface area contributed by atoms with Crippen LogP contribution in [0.1, 0.15) is 43.0 Å². The average Bonchev–Trinajstić information content (AvgIpc) is 3.10. The van der Waals surface area contributed by atoms with Crippen molar-refractivity contribution in [1.82, 2.24) is 14.9 Å². The zero-order valence-corrected chi connectivity index (χ0v) is 17.0. The van der Waals surface area contributed by atoms with E-state index in [1.54, 1.807) is 29.4 Å². The van der Waals surface area contributed by atoms with Crippen LogP contribution in [-0.2, 0) is 17.6 Å². The van der Waals surface area contributed by atoms with E-state index >= 15 is 0 Å². The molecule has 6 nitrogen and oxygen atoms in total. The molecule has 3 unspecified atom stereocenters. The van der Waals surface area contributed by atoms with Gasteiger partial charge in [-0.05, 0) is 43.7 Å². The Balaban J connectivity index is 1.44. The Hall–Kier alpha value is -2.54. The van der Waals surface area contributed by atoms with Crippen molar-refractivity contribution in [3.63, 3.8) is 0 Å². The van der Waals surface area contributed by atoms with Crippen LogP contribution in [0, 0.1) is 5.82 Å². The fourth-order valence-electron chi connectivity index (χ4n) is 4.55. The molecule has 154 valence electrons. The van der Waals surface area contributed by atoms with Gasteiger partial charge in [0, 0.05) is 36.9 Å². The summed E-state index contributed by atoms with van der Waals surface area (Å²) in [6, 6.07) is 5.86. The molecule has 1 amide bonds. The lowest BCUT2D eigenvalue weighted by molar-refractivity contribution is -0.133. The number of nitrogens with two attached hydrogens (primary N) is 1. The molecule has 3 atom stereocenters. The maximum Gasteiger partial charge on any atom is 0.239 e. The van der Waals surface area contributed by atoms with Gasteiger partial charge in [0.15, 0.2) is 0 Å². The average molecular weight is 397 g/mol. The van der Waals surface area contributed by atoms with Crippen molar-refractivity contribution < 1.29 is 9.18 Å². The number of anilines is 1. The summed E-state index contributed by atoms with van der Waals surface area (Å²) in [4.78, 5) is 26.0. The molecule has 2 aromatic rings. The van der Waals surface area contributed by atoms with E-state index in [0.717, 1.165) is 24.4 Å².